The molecule has 1 N–H and O–H groups in total. The Morgan fingerprint density at radius 1 is 1.38 bits per heavy atom. The number of furan rings is 1. The summed E-state index contributed by atoms with van der Waals surface area (Å²) in [5, 5.41) is 3.35. The van der Waals surface area contributed by atoms with Crippen LogP contribution in [0.3, 0.4) is 0 Å². The lowest BCUT2D eigenvalue weighted by Gasteiger charge is -2.18. The van der Waals surface area contributed by atoms with Gasteiger partial charge in [0.1, 0.15) is 5.76 Å². The molecule has 1 unspecified atom stereocenters. The van der Waals surface area contributed by atoms with Crippen LogP contribution in [0.25, 0.3) is 0 Å². The summed E-state index contributed by atoms with van der Waals surface area (Å²) >= 11 is 0. The van der Waals surface area contributed by atoms with Gasteiger partial charge in [-0.3, -0.25) is 4.79 Å². The highest BCUT2D eigenvalue weighted by Crippen LogP contribution is 2.33. The van der Waals surface area contributed by atoms with Gasteiger partial charge in [0, 0.05) is 24.7 Å². The Hall–Kier alpha value is -2.07. The smallest absolute Gasteiger partial charge is 0.231 e. The molecule has 1 amide bonds. The quantitative estimate of drug-likeness (QED) is 0.939. The summed E-state index contributed by atoms with van der Waals surface area (Å²) in [7, 11) is 3.77. The van der Waals surface area contributed by atoms with E-state index in [0.717, 1.165) is 34.6 Å². The zero-order chi connectivity index (χ0) is 15.0. The number of amides is 1. The molecule has 2 heterocycles. The molecule has 0 saturated heterocycles. The zero-order valence-corrected chi connectivity index (χ0v) is 12.6. The second-order valence-electron chi connectivity index (χ2n) is 5.39. The monoisotopic (exact) mass is 284 g/mol. The molecular formula is C17H20N2O2. The summed E-state index contributed by atoms with van der Waals surface area (Å²) in [5.41, 5.74) is 4.44. The van der Waals surface area contributed by atoms with E-state index in [4.69, 9.17) is 4.42 Å². The molecule has 0 aliphatic carbocycles. The Bertz CT molecular complexity index is 675. The molecule has 0 fully saturated rings. The molecule has 4 heteroatoms. The fourth-order valence-corrected chi connectivity index (χ4v) is 3.07. The largest absolute Gasteiger partial charge is 0.469 e. The van der Waals surface area contributed by atoms with Crippen LogP contribution in [-0.4, -0.2) is 20.0 Å². The van der Waals surface area contributed by atoms with Crippen molar-refractivity contribution in [3.05, 3.63) is 53.0 Å². The topological polar surface area (TPSA) is 45.5 Å². The number of carbonyl (C=O) groups excluding carboxylic acids is 1. The average molecular weight is 284 g/mol. The van der Waals surface area contributed by atoms with E-state index in [1.807, 2.05) is 26.2 Å². The summed E-state index contributed by atoms with van der Waals surface area (Å²) in [4.78, 5) is 13.5. The molecule has 1 aliphatic heterocycles. The van der Waals surface area contributed by atoms with Gasteiger partial charge in [0.15, 0.2) is 0 Å². The third-order valence-electron chi connectivity index (χ3n) is 4.21. The molecule has 0 saturated carbocycles. The van der Waals surface area contributed by atoms with Crippen molar-refractivity contribution < 1.29 is 9.21 Å². The van der Waals surface area contributed by atoms with Gasteiger partial charge in [0.05, 0.1) is 18.7 Å². The molecule has 1 aromatic heterocycles. The van der Waals surface area contributed by atoms with Gasteiger partial charge in [0.25, 0.3) is 0 Å². The van der Waals surface area contributed by atoms with E-state index in [-0.39, 0.29) is 11.9 Å². The zero-order valence-electron chi connectivity index (χ0n) is 12.6. The van der Waals surface area contributed by atoms with Crippen molar-refractivity contribution in [1.82, 2.24) is 5.32 Å². The number of likely N-dealkylation sites (N-methyl/N-ethyl adjacent to an activating group) is 1. The lowest BCUT2D eigenvalue weighted by atomic mass is 9.96. The Labute approximate surface area is 124 Å². The fraction of sp³-hybridized carbons (Fsp3) is 0.353. The van der Waals surface area contributed by atoms with Gasteiger partial charge in [0.2, 0.25) is 5.91 Å². The van der Waals surface area contributed by atoms with Crippen molar-refractivity contribution in [2.75, 3.05) is 19.0 Å². The van der Waals surface area contributed by atoms with Gasteiger partial charge < -0.3 is 14.6 Å². The molecule has 2 aromatic rings. The van der Waals surface area contributed by atoms with E-state index in [2.05, 4.69) is 24.4 Å². The molecule has 0 radical (unpaired) electrons. The highest BCUT2D eigenvalue weighted by molar-refractivity contribution is 6.00. The second kappa shape index (κ2) is 5.37. The number of nitrogens with one attached hydrogen (secondary N) is 1. The van der Waals surface area contributed by atoms with Crippen LogP contribution in [0.15, 0.2) is 34.9 Å². The van der Waals surface area contributed by atoms with Crippen LogP contribution in [0.4, 0.5) is 5.69 Å². The summed E-state index contributed by atoms with van der Waals surface area (Å²) in [6.07, 6.45) is 3.10. The Morgan fingerprint density at radius 3 is 2.90 bits per heavy atom. The van der Waals surface area contributed by atoms with E-state index in [9.17, 15) is 4.79 Å². The van der Waals surface area contributed by atoms with Gasteiger partial charge >= 0.3 is 0 Å². The van der Waals surface area contributed by atoms with Crippen molar-refractivity contribution in [2.45, 2.75) is 25.8 Å². The highest BCUT2D eigenvalue weighted by atomic mass is 16.3. The molecule has 4 nitrogen and oxygen atoms in total. The number of nitrogens with zero attached hydrogens (tertiary/aromatic N) is 1. The predicted molar refractivity (Wildman–Crippen MR) is 82.5 cm³/mol. The maximum absolute atomic E-state index is 11.8. The first-order valence-corrected chi connectivity index (χ1v) is 7.28. The molecule has 1 atom stereocenters. The fourth-order valence-electron chi connectivity index (χ4n) is 3.07. The van der Waals surface area contributed by atoms with Gasteiger partial charge in [-0.25, -0.2) is 0 Å². The van der Waals surface area contributed by atoms with E-state index < -0.39 is 0 Å². The number of benzene rings is 1. The number of rotatable bonds is 4. The minimum atomic E-state index is 0.0880. The standard InChI is InChI=1S/C17H20N2O2/c1-4-15-13(7-8-21-15)17(18-2)11-5-6-14-12(9-11)10-16(20)19(14)3/h5-9,17-18H,4,10H2,1-3H3. The number of hydrogen-bond donors (Lipinski definition) is 1. The maximum atomic E-state index is 11.8. The summed E-state index contributed by atoms with van der Waals surface area (Å²) in [6, 6.07) is 8.35. The Balaban J connectivity index is 2.00. The molecule has 1 aromatic carbocycles. The maximum Gasteiger partial charge on any atom is 0.231 e. The summed E-state index contributed by atoms with van der Waals surface area (Å²) < 4.78 is 5.54. The summed E-state index contributed by atoms with van der Waals surface area (Å²) in [6.45, 7) is 2.09. The highest BCUT2D eigenvalue weighted by Gasteiger charge is 2.26. The third-order valence-corrected chi connectivity index (χ3v) is 4.21. The molecule has 110 valence electrons. The normalized spacial score (nSPS) is 15.4. The van der Waals surface area contributed by atoms with Crippen molar-refractivity contribution in [1.29, 1.82) is 0 Å². The van der Waals surface area contributed by atoms with Gasteiger partial charge in [-0.2, -0.15) is 0 Å². The first kappa shape index (κ1) is 13.9. The van der Waals surface area contributed by atoms with Crippen LogP contribution in [0.1, 0.15) is 35.4 Å². The van der Waals surface area contributed by atoms with Crippen molar-refractivity contribution in [3.63, 3.8) is 0 Å². The van der Waals surface area contributed by atoms with E-state index >= 15 is 0 Å². The number of carbonyl (C=O) groups is 1. The Morgan fingerprint density at radius 2 is 2.19 bits per heavy atom. The van der Waals surface area contributed by atoms with Gasteiger partial charge in [-0.05, 0) is 30.3 Å². The van der Waals surface area contributed by atoms with Crippen LogP contribution in [0.5, 0.6) is 0 Å². The lowest BCUT2D eigenvalue weighted by molar-refractivity contribution is -0.117. The van der Waals surface area contributed by atoms with Crippen molar-refractivity contribution in [3.8, 4) is 0 Å². The minimum absolute atomic E-state index is 0.0880. The molecule has 21 heavy (non-hydrogen) atoms. The van der Waals surface area contributed by atoms with Crippen molar-refractivity contribution >= 4 is 11.6 Å². The lowest BCUT2D eigenvalue weighted by Crippen LogP contribution is -2.20. The molecular weight excluding hydrogens is 264 g/mol. The number of fused-ring (bicyclic) bond motifs is 1. The average Bonchev–Trinajstić information content (AvgIpc) is 3.06. The molecule has 3 rings (SSSR count). The van der Waals surface area contributed by atoms with Gasteiger partial charge in [-0.1, -0.05) is 19.1 Å². The van der Waals surface area contributed by atoms with E-state index in [1.165, 1.54) is 0 Å². The van der Waals surface area contributed by atoms with Crippen LogP contribution in [0.2, 0.25) is 0 Å². The second-order valence-corrected chi connectivity index (χ2v) is 5.39. The molecule has 1 aliphatic rings. The van der Waals surface area contributed by atoms with Gasteiger partial charge in [-0.15, -0.1) is 0 Å². The number of aryl methyl sites for hydroxylation is 1. The van der Waals surface area contributed by atoms with Crippen molar-refractivity contribution in [2.24, 2.45) is 0 Å². The molecule has 0 bridgehead atoms. The Kier molecular flexibility index (Phi) is 3.55. The first-order chi connectivity index (χ1) is 10.2. The van der Waals surface area contributed by atoms with Crippen LogP contribution in [0, 0.1) is 0 Å². The third kappa shape index (κ3) is 2.25. The molecule has 0 spiro atoms. The van der Waals surface area contributed by atoms with Crippen LogP contribution < -0.4 is 10.2 Å². The van der Waals surface area contributed by atoms with E-state index in [0.29, 0.717) is 6.42 Å². The SMILES string of the molecule is CCc1occc1C(NC)c1ccc2c(c1)CC(=O)N2C. The van der Waals surface area contributed by atoms with Crippen LogP contribution in [-0.2, 0) is 17.6 Å². The number of hydrogen-bond acceptors (Lipinski definition) is 3. The predicted octanol–water partition coefficient (Wildman–Crippen LogP) is 2.67. The van der Waals surface area contributed by atoms with E-state index in [1.54, 1.807) is 11.2 Å². The summed E-state index contributed by atoms with van der Waals surface area (Å²) in [5.74, 6) is 1.16. The minimum Gasteiger partial charge on any atom is -0.469 e. The van der Waals surface area contributed by atoms with Crippen LogP contribution >= 0.6 is 0 Å². The number of anilines is 1. The first-order valence-electron chi connectivity index (χ1n) is 7.28.